The molecule has 0 aromatic rings. The van der Waals surface area contributed by atoms with Gasteiger partial charge < -0.3 is 20.2 Å². The average molecular weight is 186 g/mol. The number of hydrogen-bond donors (Lipinski definition) is 3. The van der Waals surface area contributed by atoms with Crippen LogP contribution in [-0.4, -0.2) is 39.3 Å². The summed E-state index contributed by atoms with van der Waals surface area (Å²) in [5.74, 6) is -1.28. The van der Waals surface area contributed by atoms with Gasteiger partial charge in [0.2, 0.25) is 11.6 Å². The molecule has 0 bridgehead atoms. The first-order valence-corrected chi connectivity index (χ1v) is 4.07. The van der Waals surface area contributed by atoms with Crippen LogP contribution in [0.15, 0.2) is 16.6 Å². The number of rotatable bonds is 1. The Hall–Kier alpha value is -1.39. The van der Waals surface area contributed by atoms with Crippen LogP contribution in [0.5, 0.6) is 0 Å². The standard InChI is InChI=1S/C8H14N2O3/c1-4(2)6-9-7(12)5(11)8(13)10(6)3/h4,6,11,13H,1-3H3,(H,9,12). The predicted octanol–water partition coefficient (Wildman–Crippen LogP) is 1.16. The molecule has 74 valence electrons. The first-order valence-electron chi connectivity index (χ1n) is 4.07. The minimum absolute atomic E-state index is 0.141. The fourth-order valence-electron chi connectivity index (χ4n) is 1.26. The molecule has 0 saturated carbocycles. The van der Waals surface area contributed by atoms with Gasteiger partial charge in [-0.1, -0.05) is 13.8 Å². The Kier molecular flexibility index (Phi) is 2.36. The molecule has 0 fully saturated rings. The van der Waals surface area contributed by atoms with Crippen LogP contribution in [-0.2, 0) is 0 Å². The minimum Gasteiger partial charge on any atom is -0.499 e. The van der Waals surface area contributed by atoms with Crippen molar-refractivity contribution >= 4 is 5.90 Å². The summed E-state index contributed by atoms with van der Waals surface area (Å²) in [5.41, 5.74) is 0. The third-order valence-electron chi connectivity index (χ3n) is 2.01. The maximum atomic E-state index is 9.35. The zero-order chi connectivity index (χ0) is 10.2. The van der Waals surface area contributed by atoms with Gasteiger partial charge in [-0.25, -0.2) is 4.99 Å². The Morgan fingerprint density at radius 2 is 1.85 bits per heavy atom. The van der Waals surface area contributed by atoms with Crippen LogP contribution in [0, 0.1) is 5.92 Å². The lowest BCUT2D eigenvalue weighted by Gasteiger charge is -2.31. The van der Waals surface area contributed by atoms with Crippen molar-refractivity contribution in [1.29, 1.82) is 0 Å². The average Bonchev–Trinajstić information content (AvgIpc) is 2.07. The zero-order valence-corrected chi connectivity index (χ0v) is 7.89. The largest absolute Gasteiger partial charge is 0.499 e. The highest BCUT2D eigenvalue weighted by molar-refractivity contribution is 5.90. The lowest BCUT2D eigenvalue weighted by atomic mass is 10.1. The molecule has 5 heteroatoms. The zero-order valence-electron chi connectivity index (χ0n) is 7.89. The number of nitrogens with zero attached hydrogens (tertiary/aromatic N) is 2. The van der Waals surface area contributed by atoms with E-state index in [4.69, 9.17) is 10.2 Å². The molecule has 1 heterocycles. The van der Waals surface area contributed by atoms with E-state index in [0.29, 0.717) is 0 Å². The molecule has 1 unspecified atom stereocenters. The molecule has 13 heavy (non-hydrogen) atoms. The highest BCUT2D eigenvalue weighted by atomic mass is 16.3. The number of aliphatic imine (C=N–C) groups is 1. The van der Waals surface area contributed by atoms with E-state index in [1.807, 2.05) is 13.8 Å². The number of hydrogen-bond acceptors (Lipinski definition) is 4. The third-order valence-corrected chi connectivity index (χ3v) is 2.01. The van der Waals surface area contributed by atoms with E-state index in [1.54, 1.807) is 7.05 Å². The summed E-state index contributed by atoms with van der Waals surface area (Å²) >= 11 is 0. The fraction of sp³-hybridized carbons (Fsp3) is 0.625. The van der Waals surface area contributed by atoms with Crippen molar-refractivity contribution in [2.24, 2.45) is 10.9 Å². The molecule has 1 rings (SSSR count). The smallest absolute Gasteiger partial charge is 0.257 e. The molecular weight excluding hydrogens is 172 g/mol. The van der Waals surface area contributed by atoms with E-state index >= 15 is 0 Å². The summed E-state index contributed by atoms with van der Waals surface area (Å²) in [6.07, 6.45) is -0.337. The lowest BCUT2D eigenvalue weighted by molar-refractivity contribution is 0.128. The monoisotopic (exact) mass is 186 g/mol. The molecule has 0 spiro atoms. The van der Waals surface area contributed by atoms with Gasteiger partial charge in [-0.15, -0.1) is 0 Å². The summed E-state index contributed by atoms with van der Waals surface area (Å²) in [6, 6.07) is 0. The maximum Gasteiger partial charge on any atom is 0.257 e. The van der Waals surface area contributed by atoms with Crippen LogP contribution >= 0.6 is 0 Å². The van der Waals surface area contributed by atoms with Crippen molar-refractivity contribution in [1.82, 2.24) is 4.90 Å². The summed E-state index contributed by atoms with van der Waals surface area (Å²) in [5, 5.41) is 27.6. The molecule has 1 aliphatic rings. The first-order chi connectivity index (χ1) is 5.95. The van der Waals surface area contributed by atoms with E-state index in [2.05, 4.69) is 4.99 Å². The third kappa shape index (κ3) is 1.54. The molecule has 0 saturated heterocycles. The molecule has 0 aromatic heterocycles. The summed E-state index contributed by atoms with van der Waals surface area (Å²) in [6.45, 7) is 3.82. The molecule has 0 amide bonds. The van der Waals surface area contributed by atoms with Gasteiger partial charge >= 0.3 is 0 Å². The van der Waals surface area contributed by atoms with Crippen LogP contribution < -0.4 is 0 Å². The highest BCUT2D eigenvalue weighted by Gasteiger charge is 2.29. The van der Waals surface area contributed by atoms with Gasteiger partial charge in [-0.2, -0.15) is 0 Å². The Morgan fingerprint density at radius 3 is 2.31 bits per heavy atom. The molecule has 3 N–H and O–H groups in total. The molecular formula is C8H14N2O3. The second-order valence-corrected chi connectivity index (χ2v) is 3.39. The summed E-state index contributed by atoms with van der Waals surface area (Å²) in [4.78, 5) is 5.24. The van der Waals surface area contributed by atoms with Crippen LogP contribution in [0.1, 0.15) is 13.8 Å². The quantitative estimate of drug-likeness (QED) is 0.574. The minimum atomic E-state index is -0.570. The van der Waals surface area contributed by atoms with Gasteiger partial charge in [0.15, 0.2) is 0 Å². The van der Waals surface area contributed by atoms with Gasteiger partial charge in [0.25, 0.3) is 5.90 Å². The van der Waals surface area contributed by atoms with Crippen molar-refractivity contribution in [2.75, 3.05) is 7.05 Å². The van der Waals surface area contributed by atoms with E-state index < -0.39 is 11.7 Å². The molecule has 1 aliphatic heterocycles. The van der Waals surface area contributed by atoms with Crippen molar-refractivity contribution < 1.29 is 15.3 Å². The van der Waals surface area contributed by atoms with Crippen molar-refractivity contribution in [3.8, 4) is 0 Å². The van der Waals surface area contributed by atoms with Gasteiger partial charge in [0, 0.05) is 7.05 Å². The molecule has 0 aromatic carbocycles. The Labute approximate surface area is 76.6 Å². The van der Waals surface area contributed by atoms with Crippen molar-refractivity contribution in [3.63, 3.8) is 0 Å². The van der Waals surface area contributed by atoms with Gasteiger partial charge in [0.05, 0.1) is 0 Å². The van der Waals surface area contributed by atoms with Crippen LogP contribution in [0.2, 0.25) is 0 Å². The number of aliphatic hydroxyl groups excluding tert-OH is 3. The predicted molar refractivity (Wildman–Crippen MR) is 48.7 cm³/mol. The topological polar surface area (TPSA) is 76.3 Å². The second kappa shape index (κ2) is 3.16. The van der Waals surface area contributed by atoms with E-state index in [9.17, 15) is 5.11 Å². The van der Waals surface area contributed by atoms with Crippen molar-refractivity contribution in [2.45, 2.75) is 20.0 Å². The van der Waals surface area contributed by atoms with Crippen LogP contribution in [0.3, 0.4) is 0 Å². The van der Waals surface area contributed by atoms with E-state index in [0.717, 1.165) is 0 Å². The van der Waals surface area contributed by atoms with E-state index in [-0.39, 0.29) is 18.0 Å². The van der Waals surface area contributed by atoms with Crippen LogP contribution in [0.25, 0.3) is 0 Å². The molecule has 5 nitrogen and oxygen atoms in total. The Balaban J connectivity index is 3.00. The van der Waals surface area contributed by atoms with Gasteiger partial charge in [0.1, 0.15) is 6.17 Å². The molecule has 0 radical (unpaired) electrons. The molecule has 1 atom stereocenters. The lowest BCUT2D eigenvalue weighted by Crippen LogP contribution is -2.39. The second-order valence-electron chi connectivity index (χ2n) is 3.39. The van der Waals surface area contributed by atoms with Crippen LogP contribution in [0.4, 0.5) is 0 Å². The van der Waals surface area contributed by atoms with Crippen molar-refractivity contribution in [3.05, 3.63) is 11.6 Å². The van der Waals surface area contributed by atoms with E-state index in [1.165, 1.54) is 4.90 Å². The summed E-state index contributed by atoms with van der Waals surface area (Å²) in [7, 11) is 1.60. The normalized spacial score (nSPS) is 23.8. The first kappa shape index (κ1) is 9.70. The van der Waals surface area contributed by atoms with Gasteiger partial charge in [-0.3, -0.25) is 0 Å². The molecule has 0 aliphatic carbocycles. The Morgan fingerprint density at radius 1 is 1.31 bits per heavy atom. The maximum absolute atomic E-state index is 9.35. The van der Waals surface area contributed by atoms with Gasteiger partial charge in [-0.05, 0) is 5.92 Å². The number of aliphatic hydroxyl groups is 3. The summed E-state index contributed by atoms with van der Waals surface area (Å²) < 4.78 is 0. The Bertz CT molecular complexity index is 271. The SMILES string of the molecule is CC(C)C1N=C(O)C(O)=C(O)N1C. The highest BCUT2D eigenvalue weighted by Crippen LogP contribution is 2.21. The fourth-order valence-corrected chi connectivity index (χ4v) is 1.26.